The molecule has 0 fully saturated rings. The van der Waals surface area contributed by atoms with Crippen LogP contribution in [0.1, 0.15) is 10.4 Å². The quantitative estimate of drug-likeness (QED) is 0.414. The van der Waals surface area contributed by atoms with Gasteiger partial charge >= 0.3 is 5.97 Å². The van der Waals surface area contributed by atoms with Crippen LogP contribution >= 0.6 is 0 Å². The Balaban J connectivity index is 1.99. The lowest BCUT2D eigenvalue weighted by atomic mass is 9.98. The van der Waals surface area contributed by atoms with Crippen LogP contribution in [0.3, 0.4) is 0 Å². The highest BCUT2D eigenvalue weighted by atomic mass is 16.5. The minimum atomic E-state index is -0.420. The summed E-state index contributed by atoms with van der Waals surface area (Å²) in [5.41, 5.74) is 6.41. The van der Waals surface area contributed by atoms with Gasteiger partial charge in [0.2, 0.25) is 0 Å². The van der Waals surface area contributed by atoms with E-state index in [-0.39, 0.29) is 0 Å². The maximum absolute atomic E-state index is 12.9. The van der Waals surface area contributed by atoms with Crippen LogP contribution in [0.5, 0.6) is 0 Å². The molecule has 0 aliphatic rings. The fraction of sp³-hybridized carbons (Fsp3) is 0.0417. The number of benzene rings is 2. The summed E-state index contributed by atoms with van der Waals surface area (Å²) in [6.45, 7) is 0. The van der Waals surface area contributed by atoms with Crippen LogP contribution in [-0.4, -0.2) is 27.4 Å². The van der Waals surface area contributed by atoms with E-state index in [2.05, 4.69) is 17.1 Å². The zero-order valence-electron chi connectivity index (χ0n) is 15.7. The van der Waals surface area contributed by atoms with Crippen molar-refractivity contribution in [3.8, 4) is 22.4 Å². The van der Waals surface area contributed by atoms with Crippen LogP contribution in [-0.2, 0) is 4.74 Å². The van der Waals surface area contributed by atoms with Gasteiger partial charge < -0.3 is 4.74 Å². The van der Waals surface area contributed by atoms with Gasteiger partial charge in [-0.05, 0) is 41.5 Å². The molecule has 0 bridgehead atoms. The van der Waals surface area contributed by atoms with Crippen LogP contribution in [0.15, 0.2) is 85.2 Å². The van der Waals surface area contributed by atoms with Crippen molar-refractivity contribution in [3.05, 3.63) is 90.8 Å². The molecule has 5 aromatic rings. The first-order valence-corrected chi connectivity index (χ1v) is 9.26. The summed E-state index contributed by atoms with van der Waals surface area (Å²) >= 11 is 0. The number of carbonyl (C=O) groups excluding carboxylic acids is 1. The van der Waals surface area contributed by atoms with E-state index in [4.69, 9.17) is 9.72 Å². The first-order valence-electron chi connectivity index (χ1n) is 9.26. The Bertz CT molecular complexity index is 1340. The van der Waals surface area contributed by atoms with Crippen molar-refractivity contribution in [2.75, 3.05) is 7.11 Å². The summed E-state index contributed by atoms with van der Waals surface area (Å²) in [4.78, 5) is 21.8. The second-order valence-electron chi connectivity index (χ2n) is 6.67. The molecular formula is C24H17N3O2. The molecule has 0 aliphatic carbocycles. The van der Waals surface area contributed by atoms with E-state index < -0.39 is 5.97 Å². The smallest absolute Gasteiger partial charge is 0.342 e. The van der Waals surface area contributed by atoms with E-state index in [9.17, 15) is 4.79 Å². The number of methoxy groups -OCH3 is 1. The van der Waals surface area contributed by atoms with Crippen molar-refractivity contribution in [2.24, 2.45) is 0 Å². The number of para-hydroxylation sites is 2. The number of ether oxygens (including phenoxy) is 1. The number of fused-ring (bicyclic) bond motifs is 3. The van der Waals surface area contributed by atoms with E-state index in [0.717, 1.165) is 33.4 Å². The fourth-order valence-electron chi connectivity index (χ4n) is 3.72. The van der Waals surface area contributed by atoms with E-state index >= 15 is 0 Å². The summed E-state index contributed by atoms with van der Waals surface area (Å²) in [6, 6.07) is 23.8. The second-order valence-corrected chi connectivity index (χ2v) is 6.67. The molecule has 0 radical (unpaired) electrons. The number of carbonyl (C=O) groups is 1. The Labute approximate surface area is 167 Å². The first kappa shape index (κ1) is 17.1. The number of rotatable bonds is 3. The van der Waals surface area contributed by atoms with Gasteiger partial charge in [0.05, 0.1) is 23.8 Å². The Hall–Kier alpha value is -3.99. The highest BCUT2D eigenvalue weighted by molar-refractivity contribution is 6.06. The molecule has 0 saturated heterocycles. The third kappa shape index (κ3) is 2.75. The predicted octanol–water partition coefficient (Wildman–Crippen LogP) is 5.00. The van der Waals surface area contributed by atoms with Crippen molar-refractivity contribution in [2.45, 2.75) is 0 Å². The maximum atomic E-state index is 12.9. The highest BCUT2D eigenvalue weighted by Gasteiger charge is 2.23. The van der Waals surface area contributed by atoms with Crippen molar-refractivity contribution in [3.63, 3.8) is 0 Å². The van der Waals surface area contributed by atoms with E-state index in [1.807, 2.05) is 65.1 Å². The van der Waals surface area contributed by atoms with Gasteiger partial charge in [-0.2, -0.15) is 0 Å². The van der Waals surface area contributed by atoms with Gasteiger partial charge in [0.1, 0.15) is 5.56 Å². The maximum Gasteiger partial charge on any atom is 0.342 e. The molecular weight excluding hydrogens is 362 g/mol. The largest absolute Gasteiger partial charge is 0.465 e. The Kier molecular flexibility index (Phi) is 4.06. The Morgan fingerprint density at radius 2 is 1.62 bits per heavy atom. The van der Waals surface area contributed by atoms with Crippen molar-refractivity contribution >= 4 is 22.6 Å². The van der Waals surface area contributed by atoms with Gasteiger partial charge in [-0.15, -0.1) is 0 Å². The number of esters is 1. The number of imidazole rings is 1. The lowest BCUT2D eigenvalue weighted by Crippen LogP contribution is -2.08. The van der Waals surface area contributed by atoms with Crippen LogP contribution < -0.4 is 0 Å². The number of aromatic nitrogens is 3. The SMILES string of the molecule is COC(=O)c1c(-c2ccncc2)cc(-c2ccccc2)n2c1nc1ccccc12. The molecule has 0 aliphatic heterocycles. The minimum Gasteiger partial charge on any atom is -0.465 e. The molecule has 2 aromatic carbocycles. The van der Waals surface area contributed by atoms with Gasteiger partial charge in [0.15, 0.2) is 5.65 Å². The molecule has 0 spiro atoms. The zero-order chi connectivity index (χ0) is 19.8. The van der Waals surface area contributed by atoms with Gasteiger partial charge in [-0.3, -0.25) is 9.38 Å². The Morgan fingerprint density at radius 1 is 0.897 bits per heavy atom. The molecule has 5 nitrogen and oxygen atoms in total. The standard InChI is InChI=1S/C24H17N3O2/c1-29-24(28)22-18(16-11-13-25-14-12-16)15-21(17-7-3-2-4-8-17)27-20-10-6-5-9-19(20)26-23(22)27/h2-15H,1H3. The molecule has 0 saturated carbocycles. The third-order valence-electron chi connectivity index (χ3n) is 5.03. The van der Waals surface area contributed by atoms with Crippen LogP contribution in [0.2, 0.25) is 0 Å². The predicted molar refractivity (Wildman–Crippen MR) is 113 cm³/mol. The van der Waals surface area contributed by atoms with Crippen molar-refractivity contribution in [1.29, 1.82) is 0 Å². The molecule has 29 heavy (non-hydrogen) atoms. The number of nitrogens with zero attached hydrogens (tertiary/aromatic N) is 3. The van der Waals surface area contributed by atoms with E-state index in [1.165, 1.54) is 7.11 Å². The van der Waals surface area contributed by atoms with Gasteiger partial charge in [-0.25, -0.2) is 9.78 Å². The third-order valence-corrected chi connectivity index (χ3v) is 5.03. The average molecular weight is 379 g/mol. The summed E-state index contributed by atoms with van der Waals surface area (Å²) in [7, 11) is 1.39. The number of hydrogen-bond acceptors (Lipinski definition) is 4. The monoisotopic (exact) mass is 379 g/mol. The molecule has 0 atom stereocenters. The Morgan fingerprint density at radius 3 is 2.38 bits per heavy atom. The molecule has 0 amide bonds. The van der Waals surface area contributed by atoms with Crippen molar-refractivity contribution < 1.29 is 9.53 Å². The average Bonchev–Trinajstić information content (AvgIpc) is 3.18. The van der Waals surface area contributed by atoms with Gasteiger partial charge in [0, 0.05) is 18.0 Å². The van der Waals surface area contributed by atoms with Crippen LogP contribution in [0.4, 0.5) is 0 Å². The molecule has 0 N–H and O–H groups in total. The number of pyridine rings is 2. The van der Waals surface area contributed by atoms with Gasteiger partial charge in [-0.1, -0.05) is 42.5 Å². The molecule has 3 aromatic heterocycles. The minimum absolute atomic E-state index is 0.420. The highest BCUT2D eigenvalue weighted by Crippen LogP contribution is 2.35. The normalized spacial score (nSPS) is 11.1. The summed E-state index contributed by atoms with van der Waals surface area (Å²) in [6.07, 6.45) is 3.43. The van der Waals surface area contributed by atoms with E-state index in [1.54, 1.807) is 12.4 Å². The molecule has 0 unspecified atom stereocenters. The lowest BCUT2D eigenvalue weighted by molar-refractivity contribution is 0.0603. The number of hydrogen-bond donors (Lipinski definition) is 0. The molecule has 3 heterocycles. The fourth-order valence-corrected chi connectivity index (χ4v) is 3.72. The first-order chi connectivity index (χ1) is 14.3. The lowest BCUT2D eigenvalue weighted by Gasteiger charge is -2.15. The molecule has 5 rings (SSSR count). The van der Waals surface area contributed by atoms with Crippen LogP contribution in [0, 0.1) is 0 Å². The molecule has 140 valence electrons. The van der Waals surface area contributed by atoms with E-state index in [0.29, 0.717) is 11.2 Å². The summed E-state index contributed by atoms with van der Waals surface area (Å²) in [5.74, 6) is -0.420. The van der Waals surface area contributed by atoms with Crippen LogP contribution in [0.25, 0.3) is 39.1 Å². The molecule has 5 heteroatoms. The van der Waals surface area contributed by atoms with Gasteiger partial charge in [0.25, 0.3) is 0 Å². The summed E-state index contributed by atoms with van der Waals surface area (Å²) in [5, 5.41) is 0. The summed E-state index contributed by atoms with van der Waals surface area (Å²) < 4.78 is 7.17. The topological polar surface area (TPSA) is 56.5 Å². The van der Waals surface area contributed by atoms with Crippen molar-refractivity contribution in [1.82, 2.24) is 14.4 Å². The second kappa shape index (κ2) is 6.87. The zero-order valence-corrected chi connectivity index (χ0v) is 15.7.